The van der Waals surface area contributed by atoms with Crippen LogP contribution >= 0.6 is 23.5 Å². The molecule has 5 aliphatic heterocycles. The quantitative estimate of drug-likeness (QED) is 0.0204. The average Bonchev–Trinajstić information content (AvgIpc) is 4.26. The SMILES string of the molecule is O=C(CCCCCCCN(CCCCCCCNC(=O)CCCCC1SCC2NC(=O)NC21)Cc1ccc(C(=O)NCCOCCOCCOCCC(=O)ON2C(=O)CC(S(=O)(=O)O)C2=O)cc1)CCCCC1SCC2NC(=O)NC21. The fraction of sp³-hybridized carbons (Fsp3) is 0.745. The van der Waals surface area contributed by atoms with E-state index in [9.17, 15) is 46.8 Å². The van der Waals surface area contributed by atoms with Crippen molar-refractivity contribution in [2.45, 2.75) is 181 Å². The lowest BCUT2D eigenvalue weighted by atomic mass is 10.0. The van der Waals surface area contributed by atoms with E-state index in [-0.39, 0.29) is 99.2 Å². The van der Waals surface area contributed by atoms with Crippen molar-refractivity contribution in [2.24, 2.45) is 0 Å². The van der Waals surface area contributed by atoms with Crippen LogP contribution in [-0.4, -0.2) is 188 Å². The number of fused-ring (bicyclic) bond motifs is 2. The number of nitrogens with zero attached hydrogens (tertiary/aromatic N) is 2. The van der Waals surface area contributed by atoms with Crippen LogP contribution in [0.25, 0.3) is 0 Å². The summed E-state index contributed by atoms with van der Waals surface area (Å²) in [5, 5.41) is 16.9. The smallest absolute Gasteiger partial charge is 0.335 e. The third kappa shape index (κ3) is 23.5. The maximum absolute atomic E-state index is 12.9. The number of hydroxylamine groups is 2. The van der Waals surface area contributed by atoms with Gasteiger partial charge in [0.2, 0.25) is 5.91 Å². The topological polar surface area (TPSA) is 307 Å². The van der Waals surface area contributed by atoms with Gasteiger partial charge < -0.3 is 50.9 Å². The molecular formula is C55H86N8O15S3. The fourth-order valence-electron chi connectivity index (χ4n) is 10.6. The summed E-state index contributed by atoms with van der Waals surface area (Å²) < 4.78 is 47.8. The third-order valence-electron chi connectivity index (χ3n) is 15.1. The number of nitrogens with one attached hydrogen (secondary N) is 6. The van der Waals surface area contributed by atoms with Gasteiger partial charge in [-0.15, -0.1) is 5.06 Å². The zero-order valence-corrected chi connectivity index (χ0v) is 49.1. The number of ketones is 1. The summed E-state index contributed by atoms with van der Waals surface area (Å²) in [6.07, 6.45) is 16.9. The molecule has 26 heteroatoms. The van der Waals surface area contributed by atoms with E-state index in [2.05, 4.69) is 41.6 Å². The van der Waals surface area contributed by atoms with Gasteiger partial charge in [-0.05, 0) is 82.2 Å². The number of carbonyl (C=O) groups is 8. The van der Waals surface area contributed by atoms with Gasteiger partial charge in [0.05, 0.1) is 76.7 Å². The molecule has 7 unspecified atom stereocenters. The molecular weight excluding hydrogens is 1110 g/mol. The Bertz CT molecular complexity index is 2320. The molecule has 5 fully saturated rings. The molecule has 0 bridgehead atoms. The van der Waals surface area contributed by atoms with Crippen molar-refractivity contribution in [1.29, 1.82) is 0 Å². The van der Waals surface area contributed by atoms with Gasteiger partial charge in [-0.3, -0.25) is 33.4 Å². The minimum Gasteiger partial charge on any atom is -0.378 e. The second kappa shape index (κ2) is 35.5. The first-order chi connectivity index (χ1) is 39.1. The number of amides is 8. The summed E-state index contributed by atoms with van der Waals surface area (Å²) in [5.41, 5.74) is 1.68. The van der Waals surface area contributed by atoms with Crippen molar-refractivity contribution in [3.8, 4) is 0 Å². The number of hydrogen-bond acceptors (Lipinski definition) is 17. The maximum Gasteiger partial charge on any atom is 0.335 e. The zero-order valence-electron chi connectivity index (χ0n) is 46.7. The van der Waals surface area contributed by atoms with Crippen molar-refractivity contribution in [1.82, 2.24) is 41.9 Å². The maximum atomic E-state index is 12.9. The molecule has 0 aliphatic carbocycles. The highest BCUT2D eigenvalue weighted by Crippen LogP contribution is 2.34. The molecule has 81 heavy (non-hydrogen) atoms. The predicted octanol–water partition coefficient (Wildman–Crippen LogP) is 4.56. The van der Waals surface area contributed by atoms with Crippen LogP contribution in [-0.2, 0) is 59.7 Å². The van der Waals surface area contributed by atoms with Gasteiger partial charge in [-0.25, -0.2) is 14.4 Å². The van der Waals surface area contributed by atoms with Crippen molar-refractivity contribution in [3.63, 3.8) is 0 Å². The number of ether oxygens (including phenoxy) is 3. The minimum absolute atomic E-state index is 0.0416. The number of urea groups is 2. The van der Waals surface area contributed by atoms with Crippen LogP contribution in [0.2, 0.25) is 0 Å². The highest BCUT2D eigenvalue weighted by atomic mass is 32.2. The van der Waals surface area contributed by atoms with Crippen LogP contribution in [0.3, 0.4) is 0 Å². The van der Waals surface area contributed by atoms with Crippen molar-refractivity contribution < 1.29 is 70.4 Å². The first-order valence-corrected chi connectivity index (χ1v) is 32.8. The molecule has 6 rings (SSSR count). The Balaban J connectivity index is 0.791. The fourth-order valence-corrected chi connectivity index (χ4v) is 14.4. The van der Waals surface area contributed by atoms with Gasteiger partial charge >= 0.3 is 18.0 Å². The van der Waals surface area contributed by atoms with Crippen LogP contribution in [0.4, 0.5) is 9.59 Å². The Labute approximate surface area is 485 Å². The summed E-state index contributed by atoms with van der Waals surface area (Å²) in [5.74, 6) is -1.23. The van der Waals surface area contributed by atoms with E-state index in [1.54, 1.807) is 0 Å². The van der Waals surface area contributed by atoms with Crippen molar-refractivity contribution >= 4 is 81.1 Å². The van der Waals surface area contributed by atoms with Gasteiger partial charge in [0.25, 0.3) is 27.8 Å². The normalized spacial score (nSPS) is 22.1. The van der Waals surface area contributed by atoms with Gasteiger partial charge in [0.15, 0.2) is 5.25 Å². The lowest BCUT2D eigenvalue weighted by molar-refractivity contribution is -0.198. The third-order valence-corrected chi connectivity index (χ3v) is 19.2. The Morgan fingerprint density at radius 3 is 1.74 bits per heavy atom. The molecule has 0 aromatic heterocycles. The van der Waals surface area contributed by atoms with Crippen molar-refractivity contribution in [2.75, 3.05) is 77.3 Å². The van der Waals surface area contributed by atoms with Crippen molar-refractivity contribution in [3.05, 3.63) is 35.4 Å². The van der Waals surface area contributed by atoms with E-state index in [1.807, 2.05) is 47.8 Å². The molecule has 0 saturated carbocycles. The van der Waals surface area contributed by atoms with E-state index in [0.29, 0.717) is 54.2 Å². The van der Waals surface area contributed by atoms with Crippen LogP contribution in [0.1, 0.15) is 151 Å². The first kappa shape index (κ1) is 65.6. The average molecular weight is 1200 g/mol. The largest absolute Gasteiger partial charge is 0.378 e. The number of benzene rings is 1. The number of carbonyl (C=O) groups excluding carboxylic acids is 8. The van der Waals surface area contributed by atoms with E-state index in [1.165, 1.54) is 0 Å². The molecule has 7 atom stereocenters. The van der Waals surface area contributed by atoms with Gasteiger partial charge in [0.1, 0.15) is 5.78 Å². The number of rotatable bonds is 43. The molecule has 5 saturated heterocycles. The summed E-state index contributed by atoms with van der Waals surface area (Å²) in [4.78, 5) is 104. The Kier molecular flexibility index (Phi) is 28.8. The molecule has 454 valence electrons. The van der Waals surface area contributed by atoms with Crippen LogP contribution in [0, 0.1) is 0 Å². The minimum atomic E-state index is -4.82. The molecule has 0 radical (unpaired) electrons. The molecule has 5 aliphatic rings. The number of imide groups is 1. The van der Waals surface area contributed by atoms with E-state index < -0.39 is 39.6 Å². The van der Waals surface area contributed by atoms with Gasteiger partial charge in [-0.2, -0.15) is 31.9 Å². The highest BCUT2D eigenvalue weighted by Gasteiger charge is 2.48. The molecule has 5 heterocycles. The van der Waals surface area contributed by atoms with Gasteiger partial charge in [0, 0.05) is 66.5 Å². The van der Waals surface area contributed by atoms with Crippen LogP contribution in [0.5, 0.6) is 0 Å². The molecule has 1 aromatic carbocycles. The molecule has 8 amide bonds. The monoisotopic (exact) mass is 1190 g/mol. The van der Waals surface area contributed by atoms with Gasteiger partial charge in [-0.1, -0.05) is 63.5 Å². The first-order valence-electron chi connectivity index (χ1n) is 29.2. The molecule has 0 spiro atoms. The zero-order chi connectivity index (χ0) is 57.8. The number of thioether (sulfide) groups is 2. The number of Topliss-reactive ketones (excluding diaryl/α,β-unsaturated/α-hetero) is 1. The second-order valence-corrected chi connectivity index (χ2v) is 25.6. The van der Waals surface area contributed by atoms with Crippen LogP contribution in [0.15, 0.2) is 24.3 Å². The Morgan fingerprint density at radius 2 is 1.15 bits per heavy atom. The van der Waals surface area contributed by atoms with Crippen LogP contribution < -0.4 is 31.9 Å². The standard InChI is InChI=1S/C55H86N8O15S3/c64-41(16-8-9-17-44-50-42(37-79-44)58-54(70)60-50)15-7-3-1-5-13-27-62(28-14-6-2-4-12-25-56-47(65)19-11-10-18-45-51-43(38-80-45)59-55(71)61-51)36-39-20-22-40(23-21-39)52(68)57-26-30-76-32-34-77-33-31-75-29-24-49(67)78-63-48(66)35-46(53(63)69)81(72,73)74/h20-23,42-46,50-51H,1-19,24-38H2,(H,56,65)(H,57,68)(H2,58,60,70)(H2,59,61,71)(H,72,73,74). The predicted molar refractivity (Wildman–Crippen MR) is 306 cm³/mol. The second-order valence-electron chi connectivity index (χ2n) is 21.4. The van der Waals surface area contributed by atoms with E-state index in [4.69, 9.17) is 18.8 Å². The number of hydrogen-bond donors (Lipinski definition) is 7. The molecule has 1 aromatic rings. The summed E-state index contributed by atoms with van der Waals surface area (Å²) in [7, 11) is -4.82. The van der Waals surface area contributed by atoms with E-state index >= 15 is 0 Å². The summed E-state index contributed by atoms with van der Waals surface area (Å²) in [6, 6.07) is 8.44. The summed E-state index contributed by atoms with van der Waals surface area (Å²) >= 11 is 3.82. The highest BCUT2D eigenvalue weighted by molar-refractivity contribution is 8.00. The van der Waals surface area contributed by atoms with E-state index in [0.717, 1.165) is 139 Å². The summed E-state index contributed by atoms with van der Waals surface area (Å²) in [6.45, 7) is 4.69. The molecule has 23 nitrogen and oxygen atoms in total. The molecule has 7 N–H and O–H groups in total. The number of unbranched alkanes of at least 4 members (excludes halogenated alkanes) is 10. The Morgan fingerprint density at radius 1 is 0.617 bits per heavy atom. The lowest BCUT2D eigenvalue weighted by Crippen LogP contribution is -2.36. The lowest BCUT2D eigenvalue weighted by Gasteiger charge is -2.23. The Hall–Kier alpha value is -4.57.